The fraction of sp³-hybridized carbons (Fsp3) is 0.929. The third-order valence-electron chi connectivity index (χ3n) is 4.18. The molecule has 2 N–H and O–H groups in total. The van der Waals surface area contributed by atoms with Crippen molar-refractivity contribution in [2.24, 2.45) is 5.92 Å². The SMILES string of the molecule is CNCC1CCCN(CC(=O)NC2CCCC2)C1. The average molecular weight is 253 g/mol. The molecule has 1 heterocycles. The van der Waals surface area contributed by atoms with Gasteiger partial charge in [0.25, 0.3) is 0 Å². The first-order chi connectivity index (χ1) is 8.78. The van der Waals surface area contributed by atoms with E-state index >= 15 is 0 Å². The van der Waals surface area contributed by atoms with Crippen molar-refractivity contribution in [1.82, 2.24) is 15.5 Å². The van der Waals surface area contributed by atoms with E-state index in [1.54, 1.807) is 0 Å². The third-order valence-corrected chi connectivity index (χ3v) is 4.18. The Balaban J connectivity index is 1.69. The number of carbonyl (C=O) groups excluding carboxylic acids is 1. The molecule has 1 amide bonds. The molecule has 0 radical (unpaired) electrons. The zero-order valence-corrected chi connectivity index (χ0v) is 11.6. The van der Waals surface area contributed by atoms with Crippen molar-refractivity contribution >= 4 is 5.91 Å². The summed E-state index contributed by atoms with van der Waals surface area (Å²) in [5, 5.41) is 6.42. The number of nitrogens with zero attached hydrogens (tertiary/aromatic N) is 1. The maximum absolute atomic E-state index is 12.0. The highest BCUT2D eigenvalue weighted by molar-refractivity contribution is 5.78. The van der Waals surface area contributed by atoms with Gasteiger partial charge in [0.15, 0.2) is 0 Å². The molecule has 0 bridgehead atoms. The van der Waals surface area contributed by atoms with Gasteiger partial charge in [0.05, 0.1) is 6.54 Å². The largest absolute Gasteiger partial charge is 0.352 e. The Morgan fingerprint density at radius 1 is 1.22 bits per heavy atom. The highest BCUT2D eigenvalue weighted by Gasteiger charge is 2.22. The summed E-state index contributed by atoms with van der Waals surface area (Å²) in [6.45, 7) is 3.81. The molecular weight excluding hydrogens is 226 g/mol. The van der Waals surface area contributed by atoms with Crippen LogP contribution in [-0.2, 0) is 4.79 Å². The Hall–Kier alpha value is -0.610. The van der Waals surface area contributed by atoms with Crippen LogP contribution in [0.15, 0.2) is 0 Å². The molecule has 1 atom stereocenters. The highest BCUT2D eigenvalue weighted by Crippen LogP contribution is 2.18. The monoisotopic (exact) mass is 253 g/mol. The van der Waals surface area contributed by atoms with Gasteiger partial charge in [0.1, 0.15) is 0 Å². The molecule has 1 aliphatic heterocycles. The Labute approximate surface area is 110 Å². The quantitative estimate of drug-likeness (QED) is 0.767. The summed E-state index contributed by atoms with van der Waals surface area (Å²) >= 11 is 0. The Kier molecular flexibility index (Phi) is 5.45. The van der Waals surface area contributed by atoms with E-state index in [0.29, 0.717) is 18.5 Å². The molecule has 1 aliphatic carbocycles. The molecule has 1 saturated carbocycles. The van der Waals surface area contributed by atoms with Crippen LogP contribution in [0.2, 0.25) is 0 Å². The van der Waals surface area contributed by atoms with Crippen LogP contribution in [0.5, 0.6) is 0 Å². The predicted octanol–water partition coefficient (Wildman–Crippen LogP) is 0.977. The van der Waals surface area contributed by atoms with Gasteiger partial charge in [-0.05, 0) is 51.7 Å². The van der Waals surface area contributed by atoms with Crippen LogP contribution >= 0.6 is 0 Å². The van der Waals surface area contributed by atoms with Crippen LogP contribution in [0.4, 0.5) is 0 Å². The second-order valence-electron chi connectivity index (χ2n) is 5.85. The predicted molar refractivity (Wildman–Crippen MR) is 73.5 cm³/mol. The van der Waals surface area contributed by atoms with Gasteiger partial charge in [-0.1, -0.05) is 12.8 Å². The lowest BCUT2D eigenvalue weighted by Crippen LogP contribution is -2.46. The fourth-order valence-electron chi connectivity index (χ4n) is 3.30. The molecule has 0 aromatic carbocycles. The fourth-order valence-corrected chi connectivity index (χ4v) is 3.30. The van der Waals surface area contributed by atoms with Crippen molar-refractivity contribution in [3.05, 3.63) is 0 Å². The molecule has 0 spiro atoms. The molecule has 1 saturated heterocycles. The van der Waals surface area contributed by atoms with Gasteiger partial charge in [-0.25, -0.2) is 0 Å². The smallest absolute Gasteiger partial charge is 0.234 e. The number of piperidine rings is 1. The Morgan fingerprint density at radius 3 is 2.72 bits per heavy atom. The third kappa shape index (κ3) is 4.25. The van der Waals surface area contributed by atoms with E-state index in [2.05, 4.69) is 15.5 Å². The van der Waals surface area contributed by atoms with Crippen LogP contribution in [0.1, 0.15) is 38.5 Å². The summed E-state index contributed by atoms with van der Waals surface area (Å²) in [6, 6.07) is 0.454. The zero-order chi connectivity index (χ0) is 12.8. The molecule has 4 heteroatoms. The minimum absolute atomic E-state index is 0.229. The van der Waals surface area contributed by atoms with Gasteiger partial charge < -0.3 is 10.6 Å². The standard InChI is InChI=1S/C14H27N3O/c1-15-9-12-5-4-8-17(10-12)11-14(18)16-13-6-2-3-7-13/h12-13,15H,2-11H2,1H3,(H,16,18). The first-order valence-corrected chi connectivity index (χ1v) is 7.44. The van der Waals surface area contributed by atoms with E-state index in [1.165, 1.54) is 38.5 Å². The van der Waals surface area contributed by atoms with E-state index < -0.39 is 0 Å². The maximum Gasteiger partial charge on any atom is 0.234 e. The first kappa shape index (κ1) is 13.8. The molecule has 2 rings (SSSR count). The van der Waals surface area contributed by atoms with Crippen LogP contribution in [0.3, 0.4) is 0 Å². The van der Waals surface area contributed by atoms with Crippen LogP contribution in [0, 0.1) is 5.92 Å². The van der Waals surface area contributed by atoms with Gasteiger partial charge in [-0.2, -0.15) is 0 Å². The van der Waals surface area contributed by atoms with Crippen molar-refractivity contribution in [3.63, 3.8) is 0 Å². The zero-order valence-electron chi connectivity index (χ0n) is 11.6. The molecule has 0 aromatic rings. The molecule has 4 nitrogen and oxygen atoms in total. The van der Waals surface area contributed by atoms with Gasteiger partial charge in [-0.15, -0.1) is 0 Å². The minimum atomic E-state index is 0.229. The number of carbonyl (C=O) groups is 1. The van der Waals surface area contributed by atoms with Crippen molar-refractivity contribution < 1.29 is 4.79 Å². The summed E-state index contributed by atoms with van der Waals surface area (Å²) in [7, 11) is 2.01. The second kappa shape index (κ2) is 7.10. The van der Waals surface area contributed by atoms with Gasteiger partial charge in [0.2, 0.25) is 5.91 Å². The molecule has 2 fully saturated rings. The van der Waals surface area contributed by atoms with Gasteiger partial charge >= 0.3 is 0 Å². The molecule has 0 aromatic heterocycles. The molecule has 1 unspecified atom stereocenters. The van der Waals surface area contributed by atoms with Gasteiger partial charge in [0, 0.05) is 12.6 Å². The van der Waals surface area contributed by atoms with Crippen LogP contribution in [-0.4, -0.2) is 50.1 Å². The van der Waals surface area contributed by atoms with Gasteiger partial charge in [-0.3, -0.25) is 9.69 Å². The van der Waals surface area contributed by atoms with Crippen molar-refractivity contribution in [1.29, 1.82) is 0 Å². The molecule has 2 aliphatic rings. The molecule has 104 valence electrons. The normalized spacial score (nSPS) is 26.4. The lowest BCUT2D eigenvalue weighted by Gasteiger charge is -2.32. The minimum Gasteiger partial charge on any atom is -0.352 e. The highest BCUT2D eigenvalue weighted by atomic mass is 16.2. The number of likely N-dealkylation sites (tertiary alicyclic amines) is 1. The topological polar surface area (TPSA) is 44.4 Å². The number of amides is 1. The van der Waals surface area contributed by atoms with E-state index in [1.807, 2.05) is 7.05 Å². The number of rotatable bonds is 5. The lowest BCUT2D eigenvalue weighted by molar-refractivity contribution is -0.123. The Bertz CT molecular complexity index is 262. The van der Waals surface area contributed by atoms with E-state index in [9.17, 15) is 4.79 Å². The van der Waals surface area contributed by atoms with Crippen molar-refractivity contribution in [3.8, 4) is 0 Å². The molecule has 18 heavy (non-hydrogen) atoms. The number of hydrogen-bond acceptors (Lipinski definition) is 3. The van der Waals surface area contributed by atoms with Crippen molar-refractivity contribution in [2.75, 3.05) is 33.2 Å². The maximum atomic E-state index is 12.0. The summed E-state index contributed by atoms with van der Waals surface area (Å²) in [5.41, 5.74) is 0. The van der Waals surface area contributed by atoms with Crippen LogP contribution in [0.25, 0.3) is 0 Å². The number of nitrogens with one attached hydrogen (secondary N) is 2. The first-order valence-electron chi connectivity index (χ1n) is 7.44. The summed E-state index contributed by atoms with van der Waals surface area (Å²) in [5.74, 6) is 0.940. The Morgan fingerprint density at radius 2 is 2.00 bits per heavy atom. The lowest BCUT2D eigenvalue weighted by atomic mass is 9.98. The van der Waals surface area contributed by atoms with Crippen molar-refractivity contribution in [2.45, 2.75) is 44.6 Å². The summed E-state index contributed by atoms with van der Waals surface area (Å²) in [6.07, 6.45) is 7.42. The average Bonchev–Trinajstić information content (AvgIpc) is 2.82. The second-order valence-corrected chi connectivity index (χ2v) is 5.85. The van der Waals surface area contributed by atoms with E-state index in [-0.39, 0.29) is 5.91 Å². The van der Waals surface area contributed by atoms with E-state index in [0.717, 1.165) is 19.6 Å². The number of hydrogen-bond donors (Lipinski definition) is 2. The molecular formula is C14H27N3O. The van der Waals surface area contributed by atoms with Crippen LogP contribution < -0.4 is 10.6 Å². The summed E-state index contributed by atoms with van der Waals surface area (Å²) in [4.78, 5) is 14.3. The van der Waals surface area contributed by atoms with E-state index in [4.69, 9.17) is 0 Å². The summed E-state index contributed by atoms with van der Waals surface area (Å²) < 4.78 is 0.